The molecule has 1 aromatic carbocycles. The van der Waals surface area contributed by atoms with Gasteiger partial charge in [-0.1, -0.05) is 32.0 Å². The summed E-state index contributed by atoms with van der Waals surface area (Å²) in [5.74, 6) is 1.17. The highest BCUT2D eigenvalue weighted by Gasteiger charge is 2.48. The van der Waals surface area contributed by atoms with Crippen LogP contribution in [-0.2, 0) is 6.18 Å². The molecular weight excluding hydrogens is 339 g/mol. The summed E-state index contributed by atoms with van der Waals surface area (Å²) in [6.45, 7) is 8.40. The molecule has 3 nitrogen and oxygen atoms in total. The first-order valence-electron chi connectivity index (χ1n) is 8.95. The molecule has 2 aromatic rings. The van der Waals surface area contributed by atoms with Crippen LogP contribution in [0.4, 0.5) is 30.4 Å². The van der Waals surface area contributed by atoms with Gasteiger partial charge in [0.2, 0.25) is 0 Å². The first-order valence-corrected chi connectivity index (χ1v) is 8.95. The Balaban J connectivity index is 1.95. The second kappa shape index (κ2) is 5.63. The molecule has 3 atom stereocenters. The van der Waals surface area contributed by atoms with Crippen molar-refractivity contribution in [1.82, 2.24) is 4.98 Å². The molecule has 0 fully saturated rings. The van der Waals surface area contributed by atoms with Crippen LogP contribution in [0.1, 0.15) is 44.7 Å². The van der Waals surface area contributed by atoms with Gasteiger partial charge in [0.1, 0.15) is 6.17 Å². The Kier molecular flexibility index (Phi) is 3.72. The van der Waals surface area contributed by atoms with Crippen molar-refractivity contribution in [2.24, 2.45) is 5.92 Å². The minimum absolute atomic E-state index is 0.0362. The Morgan fingerprint density at radius 3 is 2.42 bits per heavy atom. The Bertz CT molecular complexity index is 846. The van der Waals surface area contributed by atoms with Gasteiger partial charge < -0.3 is 9.80 Å². The molecule has 2 aliphatic heterocycles. The number of anilines is 3. The highest BCUT2D eigenvalue weighted by Crippen LogP contribution is 2.54. The third-order valence-electron chi connectivity index (χ3n) is 5.73. The van der Waals surface area contributed by atoms with Crippen LogP contribution in [0.15, 0.2) is 36.5 Å². The lowest BCUT2D eigenvalue weighted by atomic mass is 9.81. The van der Waals surface area contributed by atoms with Crippen molar-refractivity contribution in [2.75, 3.05) is 9.80 Å². The fourth-order valence-corrected chi connectivity index (χ4v) is 4.33. The van der Waals surface area contributed by atoms with Gasteiger partial charge in [0.15, 0.2) is 5.82 Å². The number of para-hydroxylation sites is 1. The average molecular weight is 361 g/mol. The molecule has 0 N–H and O–H groups in total. The van der Waals surface area contributed by atoms with Crippen LogP contribution in [0.2, 0.25) is 0 Å². The van der Waals surface area contributed by atoms with Gasteiger partial charge in [-0.05, 0) is 37.5 Å². The van der Waals surface area contributed by atoms with Crippen LogP contribution in [0, 0.1) is 5.92 Å². The number of alkyl halides is 3. The van der Waals surface area contributed by atoms with E-state index in [9.17, 15) is 13.2 Å². The van der Waals surface area contributed by atoms with Crippen LogP contribution in [0.5, 0.6) is 0 Å². The van der Waals surface area contributed by atoms with E-state index >= 15 is 0 Å². The molecule has 6 heteroatoms. The SMILES string of the molecule is CC1c2ccccc2N2c3ncc(C(F)(F)F)cc3N(C(C)C)C2C1C. The summed E-state index contributed by atoms with van der Waals surface area (Å²) in [6, 6.07) is 9.45. The summed E-state index contributed by atoms with van der Waals surface area (Å²) in [5.41, 5.74) is 2.13. The highest BCUT2D eigenvalue weighted by atomic mass is 19.4. The maximum atomic E-state index is 13.3. The van der Waals surface area contributed by atoms with Crippen molar-refractivity contribution in [3.8, 4) is 0 Å². The Morgan fingerprint density at radius 2 is 1.77 bits per heavy atom. The zero-order chi connectivity index (χ0) is 18.8. The van der Waals surface area contributed by atoms with E-state index in [0.29, 0.717) is 17.4 Å². The molecule has 26 heavy (non-hydrogen) atoms. The summed E-state index contributed by atoms with van der Waals surface area (Å²) in [4.78, 5) is 8.48. The molecule has 2 aliphatic rings. The molecule has 0 saturated carbocycles. The molecule has 4 rings (SSSR count). The van der Waals surface area contributed by atoms with Crippen molar-refractivity contribution in [3.63, 3.8) is 0 Å². The van der Waals surface area contributed by atoms with Crippen molar-refractivity contribution in [1.29, 1.82) is 0 Å². The van der Waals surface area contributed by atoms with Crippen LogP contribution >= 0.6 is 0 Å². The number of halogens is 3. The summed E-state index contributed by atoms with van der Waals surface area (Å²) in [6.07, 6.45) is -3.49. The van der Waals surface area contributed by atoms with Gasteiger partial charge in [-0.25, -0.2) is 4.98 Å². The molecule has 0 bridgehead atoms. The van der Waals surface area contributed by atoms with E-state index in [-0.39, 0.29) is 18.1 Å². The molecule has 138 valence electrons. The van der Waals surface area contributed by atoms with Gasteiger partial charge in [0.25, 0.3) is 0 Å². The van der Waals surface area contributed by atoms with Gasteiger partial charge in [0.05, 0.1) is 11.3 Å². The summed E-state index contributed by atoms with van der Waals surface area (Å²) >= 11 is 0. The maximum absolute atomic E-state index is 13.3. The fraction of sp³-hybridized carbons (Fsp3) is 0.450. The van der Waals surface area contributed by atoms with E-state index in [2.05, 4.69) is 34.7 Å². The molecular formula is C20H22F3N3. The minimum atomic E-state index is -4.40. The first-order chi connectivity index (χ1) is 12.2. The number of benzene rings is 1. The largest absolute Gasteiger partial charge is 0.417 e. The molecule has 0 radical (unpaired) electrons. The zero-order valence-corrected chi connectivity index (χ0v) is 15.2. The molecule has 3 heterocycles. The average Bonchev–Trinajstić information content (AvgIpc) is 2.93. The molecule has 0 aliphatic carbocycles. The van der Waals surface area contributed by atoms with E-state index in [1.54, 1.807) is 0 Å². The van der Waals surface area contributed by atoms with E-state index in [1.165, 1.54) is 11.6 Å². The van der Waals surface area contributed by atoms with Gasteiger partial charge in [-0.15, -0.1) is 0 Å². The predicted octanol–water partition coefficient (Wildman–Crippen LogP) is 5.55. The number of rotatable bonds is 1. The van der Waals surface area contributed by atoms with Crippen molar-refractivity contribution < 1.29 is 13.2 Å². The van der Waals surface area contributed by atoms with Gasteiger partial charge >= 0.3 is 6.18 Å². The smallest absolute Gasteiger partial charge is 0.345 e. The zero-order valence-electron chi connectivity index (χ0n) is 15.2. The van der Waals surface area contributed by atoms with E-state index in [1.807, 2.05) is 32.0 Å². The summed E-state index contributed by atoms with van der Waals surface area (Å²) < 4.78 is 39.8. The lowest BCUT2D eigenvalue weighted by Crippen LogP contribution is -2.52. The van der Waals surface area contributed by atoms with Crippen molar-refractivity contribution >= 4 is 17.2 Å². The second-order valence-corrected chi connectivity index (χ2v) is 7.56. The molecule has 0 amide bonds. The minimum Gasteiger partial charge on any atom is -0.345 e. The lowest BCUT2D eigenvalue weighted by molar-refractivity contribution is -0.137. The monoisotopic (exact) mass is 361 g/mol. The van der Waals surface area contributed by atoms with Crippen LogP contribution < -0.4 is 9.80 Å². The highest BCUT2D eigenvalue weighted by molar-refractivity contribution is 5.84. The first kappa shape index (κ1) is 17.2. The Morgan fingerprint density at radius 1 is 1.08 bits per heavy atom. The van der Waals surface area contributed by atoms with Crippen LogP contribution in [0.25, 0.3) is 0 Å². The van der Waals surface area contributed by atoms with Gasteiger partial charge in [-0.3, -0.25) is 0 Å². The lowest BCUT2D eigenvalue weighted by Gasteiger charge is -2.45. The number of nitrogens with zero attached hydrogens (tertiary/aromatic N) is 3. The van der Waals surface area contributed by atoms with Crippen LogP contribution in [-0.4, -0.2) is 17.2 Å². The quantitative estimate of drug-likeness (QED) is 0.664. The topological polar surface area (TPSA) is 19.4 Å². The number of fused-ring (bicyclic) bond motifs is 5. The molecule has 3 unspecified atom stereocenters. The normalized spacial score (nSPS) is 24.5. The predicted molar refractivity (Wildman–Crippen MR) is 96.8 cm³/mol. The summed E-state index contributed by atoms with van der Waals surface area (Å²) in [5, 5.41) is 0. The fourth-order valence-electron chi connectivity index (χ4n) is 4.33. The number of hydrogen-bond donors (Lipinski definition) is 0. The van der Waals surface area contributed by atoms with Crippen molar-refractivity contribution in [2.45, 2.75) is 52.0 Å². The second-order valence-electron chi connectivity index (χ2n) is 7.56. The van der Waals surface area contributed by atoms with Crippen molar-refractivity contribution in [3.05, 3.63) is 47.7 Å². The summed E-state index contributed by atoms with van der Waals surface area (Å²) in [7, 11) is 0. The standard InChI is InChI=1S/C20H22F3N3/c1-11(2)25-17-9-14(20(21,22)23)10-24-18(17)26-16-8-6-5-7-15(16)12(3)13(4)19(25)26/h5-13,19H,1-4H3. The molecule has 0 spiro atoms. The molecule has 1 aromatic heterocycles. The van der Waals surface area contributed by atoms with E-state index in [0.717, 1.165) is 11.9 Å². The van der Waals surface area contributed by atoms with Gasteiger partial charge in [-0.2, -0.15) is 13.2 Å². The third kappa shape index (κ3) is 2.31. The molecule has 0 saturated heterocycles. The van der Waals surface area contributed by atoms with Crippen LogP contribution in [0.3, 0.4) is 0 Å². The maximum Gasteiger partial charge on any atom is 0.417 e. The van der Waals surface area contributed by atoms with E-state index in [4.69, 9.17) is 0 Å². The Hall–Kier alpha value is -2.24. The number of hydrogen-bond acceptors (Lipinski definition) is 3. The van der Waals surface area contributed by atoms with Gasteiger partial charge in [0, 0.05) is 23.8 Å². The third-order valence-corrected chi connectivity index (χ3v) is 5.73. The Labute approximate surface area is 151 Å². The number of pyridine rings is 1. The van der Waals surface area contributed by atoms with E-state index < -0.39 is 11.7 Å². The number of aromatic nitrogens is 1.